The van der Waals surface area contributed by atoms with Crippen LogP contribution >= 0.6 is 0 Å². The minimum absolute atomic E-state index is 0.0560. The summed E-state index contributed by atoms with van der Waals surface area (Å²) >= 11 is 0. The van der Waals surface area contributed by atoms with E-state index in [1.54, 1.807) is 0 Å². The maximum absolute atomic E-state index is 11.3. The number of nitrogens with two attached hydrogens (primary N) is 1. The van der Waals surface area contributed by atoms with Gasteiger partial charge in [0.15, 0.2) is 0 Å². The van der Waals surface area contributed by atoms with Crippen molar-refractivity contribution in [3.05, 3.63) is 29.8 Å². The lowest BCUT2D eigenvalue weighted by Crippen LogP contribution is -2.34. The first-order chi connectivity index (χ1) is 9.39. The summed E-state index contributed by atoms with van der Waals surface area (Å²) in [6.07, 6.45) is 1.24. The first kappa shape index (κ1) is 16.9. The average molecular weight is 300 g/mol. The van der Waals surface area contributed by atoms with E-state index in [0.29, 0.717) is 19.7 Å². The van der Waals surface area contributed by atoms with E-state index in [4.69, 9.17) is 10.5 Å². The second kappa shape index (κ2) is 7.61. The molecule has 1 unspecified atom stereocenters. The molecular weight excluding hydrogens is 276 g/mol. The van der Waals surface area contributed by atoms with Crippen molar-refractivity contribution >= 4 is 9.84 Å². The summed E-state index contributed by atoms with van der Waals surface area (Å²) in [5.41, 5.74) is 6.86. The van der Waals surface area contributed by atoms with Crippen molar-refractivity contribution in [3.8, 4) is 5.75 Å². The van der Waals surface area contributed by atoms with Gasteiger partial charge in [-0.3, -0.25) is 4.90 Å². The number of likely N-dealkylation sites (N-methyl/N-ethyl adjacent to an activating group) is 1. The lowest BCUT2D eigenvalue weighted by molar-refractivity contribution is 0.252. The third kappa shape index (κ3) is 5.11. The summed E-state index contributed by atoms with van der Waals surface area (Å²) in [6, 6.07) is 7.67. The average Bonchev–Trinajstić information content (AvgIpc) is 2.39. The maximum Gasteiger partial charge on any atom is 0.148 e. The quantitative estimate of drug-likeness (QED) is 0.777. The Morgan fingerprint density at radius 2 is 2.00 bits per heavy atom. The van der Waals surface area contributed by atoms with Gasteiger partial charge in [-0.15, -0.1) is 0 Å². The Kier molecular flexibility index (Phi) is 6.45. The molecule has 0 aliphatic heterocycles. The van der Waals surface area contributed by atoms with E-state index in [9.17, 15) is 8.42 Å². The second-order valence-corrected chi connectivity index (χ2v) is 7.09. The van der Waals surface area contributed by atoms with Gasteiger partial charge in [0.1, 0.15) is 15.6 Å². The maximum atomic E-state index is 11.3. The lowest BCUT2D eigenvalue weighted by atomic mass is 10.0. The predicted octanol–water partition coefficient (Wildman–Crippen LogP) is 1.06. The molecule has 0 aliphatic carbocycles. The molecule has 114 valence electrons. The van der Waals surface area contributed by atoms with Gasteiger partial charge in [0.25, 0.3) is 0 Å². The minimum Gasteiger partial charge on any atom is -0.494 e. The molecule has 0 radical (unpaired) electrons. The zero-order chi connectivity index (χ0) is 15.2. The summed E-state index contributed by atoms with van der Waals surface area (Å²) in [7, 11) is -1.10. The smallest absolute Gasteiger partial charge is 0.148 e. The Hall–Kier alpha value is -1.11. The van der Waals surface area contributed by atoms with Crippen LogP contribution in [0.3, 0.4) is 0 Å². The van der Waals surface area contributed by atoms with E-state index < -0.39 is 9.84 Å². The van der Waals surface area contributed by atoms with Gasteiger partial charge in [-0.2, -0.15) is 0 Å². The molecule has 0 saturated carbocycles. The summed E-state index contributed by atoms with van der Waals surface area (Å²) in [6.45, 7) is 3.37. The molecule has 6 heteroatoms. The molecule has 1 atom stereocenters. The third-order valence-electron chi connectivity index (χ3n) is 3.15. The molecule has 20 heavy (non-hydrogen) atoms. The fourth-order valence-electron chi connectivity index (χ4n) is 2.05. The molecular formula is C14H24N2O3S. The number of hydrogen-bond donors (Lipinski definition) is 1. The largest absolute Gasteiger partial charge is 0.494 e. The van der Waals surface area contributed by atoms with Crippen LogP contribution < -0.4 is 10.5 Å². The van der Waals surface area contributed by atoms with Gasteiger partial charge in [0.05, 0.1) is 18.4 Å². The first-order valence-electron chi connectivity index (χ1n) is 6.68. The molecule has 1 aromatic rings. The fourth-order valence-corrected chi connectivity index (χ4v) is 2.67. The predicted molar refractivity (Wildman–Crippen MR) is 81.7 cm³/mol. The van der Waals surface area contributed by atoms with Crippen molar-refractivity contribution in [2.24, 2.45) is 5.73 Å². The van der Waals surface area contributed by atoms with Crippen LogP contribution in [0.15, 0.2) is 24.3 Å². The van der Waals surface area contributed by atoms with E-state index in [-0.39, 0.29) is 11.8 Å². The molecule has 0 bridgehead atoms. The van der Waals surface area contributed by atoms with Crippen molar-refractivity contribution in [3.63, 3.8) is 0 Å². The molecule has 0 saturated heterocycles. The van der Waals surface area contributed by atoms with Gasteiger partial charge in [-0.25, -0.2) is 8.42 Å². The van der Waals surface area contributed by atoms with E-state index in [1.807, 2.05) is 43.1 Å². The Labute approximate surface area is 121 Å². The summed E-state index contributed by atoms with van der Waals surface area (Å²) in [5, 5.41) is 0. The van der Waals surface area contributed by atoms with Crippen LogP contribution in [0, 0.1) is 0 Å². The van der Waals surface area contributed by atoms with Crippen molar-refractivity contribution in [1.82, 2.24) is 4.90 Å². The standard InChI is InChI=1S/C14H24N2O3S/c1-4-19-14-8-6-5-7-12(14)13(11-15)16(2)9-10-20(3,17)18/h5-8,13H,4,9-11,15H2,1-3H3. The highest BCUT2D eigenvalue weighted by Crippen LogP contribution is 2.28. The van der Waals surface area contributed by atoms with Gasteiger partial charge < -0.3 is 10.5 Å². The van der Waals surface area contributed by atoms with Crippen LogP contribution in [-0.4, -0.2) is 52.1 Å². The summed E-state index contributed by atoms with van der Waals surface area (Å²) < 4.78 is 28.2. The highest BCUT2D eigenvalue weighted by molar-refractivity contribution is 7.90. The minimum atomic E-state index is -2.98. The molecule has 1 aromatic carbocycles. The lowest BCUT2D eigenvalue weighted by Gasteiger charge is -2.28. The Balaban J connectivity index is 2.89. The number of ether oxygens (including phenoxy) is 1. The Morgan fingerprint density at radius 3 is 2.55 bits per heavy atom. The van der Waals surface area contributed by atoms with Crippen LogP contribution in [0.1, 0.15) is 18.5 Å². The van der Waals surface area contributed by atoms with Crippen molar-refractivity contribution in [1.29, 1.82) is 0 Å². The monoisotopic (exact) mass is 300 g/mol. The van der Waals surface area contributed by atoms with Crippen LogP contribution in [0.25, 0.3) is 0 Å². The van der Waals surface area contributed by atoms with Crippen molar-refractivity contribution < 1.29 is 13.2 Å². The molecule has 5 nitrogen and oxygen atoms in total. The molecule has 0 aromatic heterocycles. The Bertz CT molecular complexity index is 517. The van der Waals surface area contributed by atoms with E-state index >= 15 is 0 Å². The zero-order valence-electron chi connectivity index (χ0n) is 12.4. The number of sulfone groups is 1. The van der Waals surface area contributed by atoms with Crippen molar-refractivity contribution in [2.75, 3.05) is 38.8 Å². The molecule has 0 amide bonds. The highest BCUT2D eigenvalue weighted by atomic mass is 32.2. The van der Waals surface area contributed by atoms with Crippen LogP contribution in [0.2, 0.25) is 0 Å². The van der Waals surface area contributed by atoms with Gasteiger partial charge in [0.2, 0.25) is 0 Å². The first-order valence-corrected chi connectivity index (χ1v) is 8.74. The van der Waals surface area contributed by atoms with E-state index in [1.165, 1.54) is 6.26 Å². The molecule has 0 spiro atoms. The highest BCUT2D eigenvalue weighted by Gasteiger charge is 2.20. The molecule has 1 rings (SSSR count). The van der Waals surface area contributed by atoms with Gasteiger partial charge in [-0.05, 0) is 20.0 Å². The fraction of sp³-hybridized carbons (Fsp3) is 0.571. The number of para-hydroxylation sites is 1. The van der Waals surface area contributed by atoms with Crippen LogP contribution in [0.4, 0.5) is 0 Å². The SMILES string of the molecule is CCOc1ccccc1C(CN)N(C)CCS(C)(=O)=O. The Morgan fingerprint density at radius 1 is 1.35 bits per heavy atom. The zero-order valence-corrected chi connectivity index (χ0v) is 13.2. The molecule has 0 heterocycles. The number of benzene rings is 1. The summed E-state index contributed by atoms with van der Waals surface area (Å²) in [4.78, 5) is 1.96. The molecule has 0 aliphatic rings. The third-order valence-corrected chi connectivity index (χ3v) is 4.07. The van der Waals surface area contributed by atoms with Gasteiger partial charge in [-0.1, -0.05) is 18.2 Å². The topological polar surface area (TPSA) is 72.6 Å². The number of hydrogen-bond acceptors (Lipinski definition) is 5. The second-order valence-electron chi connectivity index (χ2n) is 4.83. The number of nitrogens with zero attached hydrogens (tertiary/aromatic N) is 1. The van der Waals surface area contributed by atoms with Crippen molar-refractivity contribution in [2.45, 2.75) is 13.0 Å². The van der Waals surface area contributed by atoms with E-state index in [2.05, 4.69) is 0 Å². The normalized spacial score (nSPS) is 13.4. The summed E-state index contributed by atoms with van der Waals surface area (Å²) in [5.74, 6) is 0.924. The van der Waals surface area contributed by atoms with Gasteiger partial charge in [0, 0.05) is 24.9 Å². The van der Waals surface area contributed by atoms with Crippen LogP contribution in [-0.2, 0) is 9.84 Å². The molecule has 0 fully saturated rings. The van der Waals surface area contributed by atoms with E-state index in [0.717, 1.165) is 11.3 Å². The van der Waals surface area contributed by atoms with Gasteiger partial charge >= 0.3 is 0 Å². The molecule has 2 N–H and O–H groups in total. The van der Waals surface area contributed by atoms with Crippen LogP contribution in [0.5, 0.6) is 5.75 Å². The number of rotatable bonds is 8.